The van der Waals surface area contributed by atoms with Gasteiger partial charge in [-0.15, -0.1) is 0 Å². The van der Waals surface area contributed by atoms with Crippen molar-refractivity contribution in [3.05, 3.63) is 42.1 Å². The fourth-order valence-electron chi connectivity index (χ4n) is 3.17. The second-order valence-electron chi connectivity index (χ2n) is 6.58. The maximum Gasteiger partial charge on any atom is 0.416 e. The van der Waals surface area contributed by atoms with Gasteiger partial charge in [-0.25, -0.2) is 13.4 Å². The van der Waals surface area contributed by atoms with Gasteiger partial charge in [0.15, 0.2) is 11.5 Å². The van der Waals surface area contributed by atoms with E-state index in [1.807, 2.05) is 0 Å². The standard InChI is InChI=1S/C18H17F3N2O5S/c19-18(20,21)12-3-5-22-17(9-12)28-13-4-6-23(11-13)29(24,25)14-1-2-15-16(10-14)27-8-7-26-15/h1-3,5,9-10,13H,4,6-8,11H2/t13-/m0/s1. The summed E-state index contributed by atoms with van der Waals surface area (Å²) in [6.45, 7) is 0.920. The number of rotatable bonds is 4. The maximum absolute atomic E-state index is 12.9. The number of fused-ring (bicyclic) bond motifs is 1. The molecular weight excluding hydrogens is 413 g/mol. The Bertz CT molecular complexity index is 1010. The van der Waals surface area contributed by atoms with Gasteiger partial charge in [0, 0.05) is 24.9 Å². The molecule has 0 radical (unpaired) electrons. The van der Waals surface area contributed by atoms with E-state index in [9.17, 15) is 21.6 Å². The number of hydrogen-bond donors (Lipinski definition) is 0. The van der Waals surface area contributed by atoms with E-state index in [0.717, 1.165) is 18.3 Å². The zero-order valence-electron chi connectivity index (χ0n) is 15.1. The van der Waals surface area contributed by atoms with Gasteiger partial charge in [0.25, 0.3) is 0 Å². The van der Waals surface area contributed by atoms with E-state index in [2.05, 4.69) is 4.98 Å². The van der Waals surface area contributed by atoms with Crippen molar-refractivity contribution in [1.82, 2.24) is 9.29 Å². The summed E-state index contributed by atoms with van der Waals surface area (Å²) in [6, 6.07) is 6.04. The molecular formula is C18H17F3N2O5S. The Morgan fingerprint density at radius 3 is 2.62 bits per heavy atom. The van der Waals surface area contributed by atoms with Gasteiger partial charge in [-0.05, 0) is 24.6 Å². The Hall–Kier alpha value is -2.53. The van der Waals surface area contributed by atoms with E-state index in [1.54, 1.807) is 0 Å². The number of benzene rings is 1. The summed E-state index contributed by atoms with van der Waals surface area (Å²) >= 11 is 0. The minimum atomic E-state index is -4.51. The van der Waals surface area contributed by atoms with E-state index in [0.29, 0.717) is 31.1 Å². The molecule has 0 amide bonds. The Balaban J connectivity index is 1.47. The van der Waals surface area contributed by atoms with Crippen LogP contribution < -0.4 is 14.2 Å². The molecule has 1 fully saturated rings. The topological polar surface area (TPSA) is 78.0 Å². The fourth-order valence-corrected chi connectivity index (χ4v) is 4.67. The molecule has 1 aromatic heterocycles. The molecule has 0 aliphatic carbocycles. The Labute approximate surface area is 165 Å². The fraction of sp³-hybridized carbons (Fsp3) is 0.389. The molecule has 1 aromatic carbocycles. The van der Waals surface area contributed by atoms with Gasteiger partial charge >= 0.3 is 6.18 Å². The van der Waals surface area contributed by atoms with E-state index >= 15 is 0 Å². The quantitative estimate of drug-likeness (QED) is 0.742. The Morgan fingerprint density at radius 1 is 1.10 bits per heavy atom. The zero-order valence-corrected chi connectivity index (χ0v) is 15.9. The van der Waals surface area contributed by atoms with E-state index in [-0.39, 0.29) is 23.9 Å². The molecule has 156 valence electrons. The first-order valence-electron chi connectivity index (χ1n) is 8.83. The summed E-state index contributed by atoms with van der Waals surface area (Å²) in [5.74, 6) is 0.648. The molecule has 3 heterocycles. The van der Waals surface area contributed by atoms with Crippen LogP contribution in [0.3, 0.4) is 0 Å². The van der Waals surface area contributed by atoms with Gasteiger partial charge in [-0.3, -0.25) is 0 Å². The molecule has 1 atom stereocenters. The highest BCUT2D eigenvalue weighted by Crippen LogP contribution is 2.34. The maximum atomic E-state index is 12.9. The minimum absolute atomic E-state index is 0.00863. The molecule has 0 saturated carbocycles. The number of alkyl halides is 3. The normalized spacial score (nSPS) is 19.9. The van der Waals surface area contributed by atoms with Crippen molar-refractivity contribution in [3.63, 3.8) is 0 Å². The molecule has 0 unspecified atom stereocenters. The lowest BCUT2D eigenvalue weighted by atomic mass is 10.2. The zero-order chi connectivity index (χ0) is 20.6. The van der Waals surface area contributed by atoms with Crippen LogP contribution in [0, 0.1) is 0 Å². The number of ether oxygens (including phenoxy) is 3. The molecule has 1 saturated heterocycles. The largest absolute Gasteiger partial charge is 0.486 e. The number of nitrogens with zero attached hydrogens (tertiary/aromatic N) is 2. The lowest BCUT2D eigenvalue weighted by molar-refractivity contribution is -0.137. The number of aromatic nitrogens is 1. The van der Waals surface area contributed by atoms with Crippen molar-refractivity contribution in [2.75, 3.05) is 26.3 Å². The molecule has 2 aliphatic rings. The van der Waals surface area contributed by atoms with Crippen molar-refractivity contribution in [1.29, 1.82) is 0 Å². The summed E-state index contributed by atoms with van der Waals surface area (Å²) in [6.07, 6.45) is -3.76. The lowest BCUT2D eigenvalue weighted by Gasteiger charge is -2.21. The van der Waals surface area contributed by atoms with E-state index < -0.39 is 27.9 Å². The van der Waals surface area contributed by atoms with Crippen LogP contribution in [0.2, 0.25) is 0 Å². The molecule has 29 heavy (non-hydrogen) atoms. The van der Waals surface area contributed by atoms with Crippen LogP contribution in [0.15, 0.2) is 41.4 Å². The third-order valence-corrected chi connectivity index (χ3v) is 6.47. The van der Waals surface area contributed by atoms with Crippen LogP contribution in [0.1, 0.15) is 12.0 Å². The number of halogens is 3. The summed E-state index contributed by atoms with van der Waals surface area (Å²) in [4.78, 5) is 3.84. The minimum Gasteiger partial charge on any atom is -0.486 e. The molecule has 0 bridgehead atoms. The van der Waals surface area contributed by atoms with Crippen LogP contribution in [0.4, 0.5) is 13.2 Å². The third kappa shape index (κ3) is 4.10. The first-order valence-corrected chi connectivity index (χ1v) is 10.3. The molecule has 7 nitrogen and oxygen atoms in total. The first kappa shape index (κ1) is 19.8. The van der Waals surface area contributed by atoms with Gasteiger partial charge in [-0.2, -0.15) is 17.5 Å². The third-order valence-electron chi connectivity index (χ3n) is 4.61. The van der Waals surface area contributed by atoms with Crippen molar-refractivity contribution in [2.24, 2.45) is 0 Å². The van der Waals surface area contributed by atoms with Crippen molar-refractivity contribution in [2.45, 2.75) is 23.6 Å². The second-order valence-corrected chi connectivity index (χ2v) is 8.52. The van der Waals surface area contributed by atoms with Crippen LogP contribution in [0.5, 0.6) is 17.4 Å². The molecule has 11 heteroatoms. The Morgan fingerprint density at radius 2 is 1.86 bits per heavy atom. The highest BCUT2D eigenvalue weighted by Gasteiger charge is 2.35. The van der Waals surface area contributed by atoms with Crippen LogP contribution in [0.25, 0.3) is 0 Å². The van der Waals surface area contributed by atoms with Crippen LogP contribution >= 0.6 is 0 Å². The second kappa shape index (κ2) is 7.38. The molecule has 2 aromatic rings. The molecule has 0 N–H and O–H groups in total. The predicted molar refractivity (Wildman–Crippen MR) is 94.5 cm³/mol. The summed E-state index contributed by atoms with van der Waals surface area (Å²) < 4.78 is 81.8. The monoisotopic (exact) mass is 430 g/mol. The van der Waals surface area contributed by atoms with Gasteiger partial charge in [0.2, 0.25) is 15.9 Å². The average molecular weight is 430 g/mol. The van der Waals surface area contributed by atoms with Gasteiger partial charge in [-0.1, -0.05) is 0 Å². The number of sulfonamides is 1. The Kier molecular flexibility index (Phi) is 5.03. The molecule has 0 spiro atoms. The summed E-state index contributed by atoms with van der Waals surface area (Å²) in [5.41, 5.74) is -0.874. The number of pyridine rings is 1. The first-order chi connectivity index (χ1) is 13.7. The van der Waals surface area contributed by atoms with Gasteiger partial charge in [0.1, 0.15) is 19.3 Å². The van der Waals surface area contributed by atoms with E-state index in [4.69, 9.17) is 14.2 Å². The van der Waals surface area contributed by atoms with Crippen LogP contribution in [-0.4, -0.2) is 50.1 Å². The van der Waals surface area contributed by atoms with Crippen molar-refractivity contribution in [3.8, 4) is 17.4 Å². The average Bonchev–Trinajstić information content (AvgIpc) is 3.16. The lowest BCUT2D eigenvalue weighted by Crippen LogP contribution is -2.31. The summed E-state index contributed by atoms with van der Waals surface area (Å²) in [5, 5.41) is 0. The number of hydrogen-bond acceptors (Lipinski definition) is 6. The van der Waals surface area contributed by atoms with E-state index in [1.165, 1.54) is 22.5 Å². The smallest absolute Gasteiger partial charge is 0.416 e. The SMILES string of the molecule is O=S(=O)(c1ccc2c(c1)OCCO2)N1CC[C@H](Oc2cc(C(F)(F)F)ccn2)C1. The predicted octanol–water partition coefficient (Wildman–Crippen LogP) is 2.71. The van der Waals surface area contributed by atoms with Crippen LogP contribution in [-0.2, 0) is 16.2 Å². The van der Waals surface area contributed by atoms with Gasteiger partial charge in [0.05, 0.1) is 17.0 Å². The summed E-state index contributed by atoms with van der Waals surface area (Å²) in [7, 11) is -3.81. The van der Waals surface area contributed by atoms with Crippen molar-refractivity contribution < 1.29 is 35.8 Å². The molecule has 2 aliphatic heterocycles. The molecule has 4 rings (SSSR count). The highest BCUT2D eigenvalue weighted by molar-refractivity contribution is 7.89. The van der Waals surface area contributed by atoms with Gasteiger partial charge < -0.3 is 14.2 Å². The van der Waals surface area contributed by atoms with Crippen molar-refractivity contribution >= 4 is 10.0 Å². The highest BCUT2D eigenvalue weighted by atomic mass is 32.2.